The summed E-state index contributed by atoms with van der Waals surface area (Å²) in [5.74, 6) is 1.38. The van der Waals surface area contributed by atoms with Crippen molar-refractivity contribution in [2.24, 2.45) is 0 Å². The molecule has 2 heterocycles. The molecule has 2 N–H and O–H groups in total. The number of aliphatic hydroxyl groups is 1. The lowest BCUT2D eigenvalue weighted by molar-refractivity contribution is 0.0166. The highest BCUT2D eigenvalue weighted by atomic mass is 16.5. The van der Waals surface area contributed by atoms with Gasteiger partial charge in [0, 0.05) is 23.9 Å². The molecule has 1 aliphatic rings. The second-order valence-corrected chi connectivity index (χ2v) is 8.58. The first-order valence-electron chi connectivity index (χ1n) is 10.8. The van der Waals surface area contributed by atoms with Crippen LogP contribution in [0, 0.1) is 0 Å². The normalized spacial score (nSPS) is 20.9. The number of benzene rings is 2. The molecule has 7 heteroatoms. The first kappa shape index (κ1) is 20.3. The Morgan fingerprint density at radius 1 is 1.06 bits per heavy atom. The van der Waals surface area contributed by atoms with Crippen LogP contribution in [0.5, 0.6) is 11.6 Å². The lowest BCUT2D eigenvalue weighted by Crippen LogP contribution is -2.30. The fourth-order valence-electron chi connectivity index (χ4n) is 4.19. The summed E-state index contributed by atoms with van der Waals surface area (Å²) >= 11 is 0. The highest BCUT2D eigenvalue weighted by Crippen LogP contribution is 2.40. The van der Waals surface area contributed by atoms with Gasteiger partial charge in [-0.05, 0) is 69.0 Å². The Hall–Kier alpha value is -3.58. The van der Waals surface area contributed by atoms with Gasteiger partial charge in [-0.2, -0.15) is 0 Å². The van der Waals surface area contributed by atoms with E-state index in [9.17, 15) is 9.90 Å². The zero-order chi connectivity index (χ0) is 22.1. The van der Waals surface area contributed by atoms with Crippen molar-refractivity contribution in [3.05, 3.63) is 78.0 Å². The Labute approximate surface area is 185 Å². The number of fused-ring (bicyclic) bond motifs is 1. The predicted octanol–water partition coefficient (Wildman–Crippen LogP) is 4.78. The number of ether oxygens (including phenoxy) is 1. The Bertz CT molecular complexity index is 1220. The molecule has 1 saturated carbocycles. The zero-order valence-corrected chi connectivity index (χ0v) is 17.8. The van der Waals surface area contributed by atoms with Crippen LogP contribution < -0.4 is 4.74 Å². The number of carbonyl (C=O) groups excluding carboxylic acids is 1. The lowest BCUT2D eigenvalue weighted by atomic mass is 9.78. The average Bonchev–Trinajstić information content (AvgIpc) is 3.24. The third-order valence-electron chi connectivity index (χ3n) is 6.08. The molecule has 0 saturated heterocycles. The van der Waals surface area contributed by atoms with Crippen molar-refractivity contribution in [3.63, 3.8) is 0 Å². The number of nitrogens with zero attached hydrogens (tertiary/aromatic N) is 3. The number of nitrogens with one attached hydrogen (secondary N) is 1. The summed E-state index contributed by atoms with van der Waals surface area (Å²) in [5, 5.41) is 10.2. The molecule has 162 valence electrons. The molecule has 0 radical (unpaired) electrons. The van der Waals surface area contributed by atoms with Gasteiger partial charge in [-0.3, -0.25) is 9.78 Å². The second-order valence-electron chi connectivity index (χ2n) is 8.58. The lowest BCUT2D eigenvalue weighted by Gasteiger charge is -2.32. The number of rotatable bonds is 5. The number of ketones is 1. The maximum absolute atomic E-state index is 12.8. The number of para-hydroxylation sites is 2. The van der Waals surface area contributed by atoms with E-state index in [2.05, 4.69) is 19.9 Å². The second kappa shape index (κ2) is 8.16. The molecule has 2 aromatic carbocycles. The van der Waals surface area contributed by atoms with Crippen molar-refractivity contribution in [3.8, 4) is 11.6 Å². The monoisotopic (exact) mass is 428 g/mol. The first-order valence-corrected chi connectivity index (χ1v) is 10.8. The maximum Gasteiger partial charge on any atom is 0.241 e. The van der Waals surface area contributed by atoms with E-state index in [1.54, 1.807) is 36.7 Å². The van der Waals surface area contributed by atoms with Gasteiger partial charge in [-0.1, -0.05) is 12.1 Å². The van der Waals surface area contributed by atoms with Gasteiger partial charge in [0.25, 0.3) is 0 Å². The predicted molar refractivity (Wildman–Crippen MR) is 120 cm³/mol. The van der Waals surface area contributed by atoms with E-state index < -0.39 is 5.60 Å². The summed E-state index contributed by atoms with van der Waals surface area (Å²) in [7, 11) is 0. The minimum Gasteiger partial charge on any atom is -0.437 e. The number of H-pyrrole nitrogens is 1. The average molecular weight is 428 g/mol. The molecular formula is C25H24N4O3. The van der Waals surface area contributed by atoms with Gasteiger partial charge in [0.2, 0.25) is 11.7 Å². The van der Waals surface area contributed by atoms with Crippen molar-refractivity contribution < 1.29 is 14.6 Å². The van der Waals surface area contributed by atoms with E-state index in [1.165, 1.54) is 0 Å². The third-order valence-corrected chi connectivity index (χ3v) is 6.08. The van der Waals surface area contributed by atoms with Crippen LogP contribution >= 0.6 is 0 Å². The topological polar surface area (TPSA) is 101 Å². The minimum absolute atomic E-state index is 0.179. The van der Waals surface area contributed by atoms with E-state index in [1.807, 2.05) is 31.2 Å². The molecule has 5 rings (SSSR count). The van der Waals surface area contributed by atoms with Gasteiger partial charge in [0.1, 0.15) is 11.4 Å². The Balaban J connectivity index is 1.33. The minimum atomic E-state index is -0.609. The molecule has 0 unspecified atom stereocenters. The molecule has 1 aliphatic carbocycles. The summed E-state index contributed by atoms with van der Waals surface area (Å²) < 4.78 is 6.03. The molecule has 0 aliphatic heterocycles. The van der Waals surface area contributed by atoms with Gasteiger partial charge in [0.05, 0.1) is 16.6 Å². The number of hydrogen-bond donors (Lipinski definition) is 2. The highest BCUT2D eigenvalue weighted by Gasteiger charge is 2.31. The third kappa shape index (κ3) is 4.11. The van der Waals surface area contributed by atoms with Crippen LogP contribution in [0.25, 0.3) is 11.0 Å². The Morgan fingerprint density at radius 2 is 1.78 bits per heavy atom. The fourth-order valence-corrected chi connectivity index (χ4v) is 4.19. The quantitative estimate of drug-likeness (QED) is 0.444. The van der Waals surface area contributed by atoms with E-state index >= 15 is 0 Å². The van der Waals surface area contributed by atoms with Gasteiger partial charge in [-0.25, -0.2) is 9.97 Å². The first-order chi connectivity index (χ1) is 15.5. The molecule has 32 heavy (non-hydrogen) atoms. The fraction of sp³-hybridized carbons (Fsp3) is 0.280. The van der Waals surface area contributed by atoms with E-state index in [0.717, 1.165) is 42.4 Å². The van der Waals surface area contributed by atoms with E-state index in [0.29, 0.717) is 23.0 Å². The molecule has 0 spiro atoms. The van der Waals surface area contributed by atoms with Gasteiger partial charge < -0.3 is 14.8 Å². The molecule has 7 nitrogen and oxygen atoms in total. The largest absolute Gasteiger partial charge is 0.437 e. The summed E-state index contributed by atoms with van der Waals surface area (Å²) in [6, 6.07) is 14.5. The Morgan fingerprint density at radius 3 is 2.53 bits per heavy atom. The van der Waals surface area contributed by atoms with Gasteiger partial charge >= 0.3 is 0 Å². The highest BCUT2D eigenvalue weighted by molar-refractivity contribution is 6.08. The summed E-state index contributed by atoms with van der Waals surface area (Å²) in [6.07, 6.45) is 6.42. The standard InChI is InChI=1S/C25H24N4O3/c1-25(31)12-10-16(11-13-25)21-24(27-15-14-26-21)32-18-8-6-17(7-9-18)22(30)23-28-19-4-2-3-5-20(19)29-23/h2-9,14-16,31H,10-13H2,1H3,(H,28,29)/t16-,25-. The molecule has 4 aromatic rings. The molecule has 0 atom stereocenters. The van der Waals surface area contributed by atoms with Crippen LogP contribution in [0.3, 0.4) is 0 Å². The van der Waals surface area contributed by atoms with E-state index in [-0.39, 0.29) is 11.7 Å². The SMILES string of the molecule is C[C@]1(O)CC[C@H](c2nccnc2Oc2ccc(C(=O)c3nc4ccccc4[nH]3)cc2)CC1. The van der Waals surface area contributed by atoms with Crippen molar-refractivity contribution in [1.82, 2.24) is 19.9 Å². The zero-order valence-electron chi connectivity index (χ0n) is 17.8. The van der Waals surface area contributed by atoms with Crippen molar-refractivity contribution in [2.45, 2.75) is 44.1 Å². The van der Waals surface area contributed by atoms with Crippen LogP contribution in [0.1, 0.15) is 60.4 Å². The molecule has 0 amide bonds. The van der Waals surface area contributed by atoms with Crippen LogP contribution in [0.4, 0.5) is 0 Å². The smallest absolute Gasteiger partial charge is 0.241 e. The number of aromatic amines is 1. The van der Waals surface area contributed by atoms with Crippen LogP contribution in [-0.2, 0) is 0 Å². The Kier molecular flexibility index (Phi) is 5.19. The number of aromatic nitrogens is 4. The van der Waals surface area contributed by atoms with Gasteiger partial charge in [0.15, 0.2) is 5.82 Å². The number of carbonyl (C=O) groups is 1. The summed E-state index contributed by atoms with van der Waals surface area (Å²) in [6.45, 7) is 1.88. The van der Waals surface area contributed by atoms with Crippen LogP contribution in [-0.4, -0.2) is 36.4 Å². The molecule has 2 aromatic heterocycles. The van der Waals surface area contributed by atoms with E-state index in [4.69, 9.17) is 4.74 Å². The van der Waals surface area contributed by atoms with Gasteiger partial charge in [-0.15, -0.1) is 0 Å². The summed E-state index contributed by atoms with van der Waals surface area (Å²) in [4.78, 5) is 29.2. The maximum atomic E-state index is 12.8. The summed E-state index contributed by atoms with van der Waals surface area (Å²) in [5.41, 5.74) is 2.31. The molecular weight excluding hydrogens is 404 g/mol. The van der Waals surface area contributed by atoms with Crippen molar-refractivity contribution >= 4 is 16.8 Å². The number of hydrogen-bond acceptors (Lipinski definition) is 6. The van der Waals surface area contributed by atoms with Crippen molar-refractivity contribution in [2.75, 3.05) is 0 Å². The number of imidazole rings is 1. The van der Waals surface area contributed by atoms with Crippen LogP contribution in [0.2, 0.25) is 0 Å². The molecule has 0 bridgehead atoms. The van der Waals surface area contributed by atoms with Crippen molar-refractivity contribution in [1.29, 1.82) is 0 Å². The van der Waals surface area contributed by atoms with Crippen LogP contribution in [0.15, 0.2) is 60.9 Å². The molecule has 1 fully saturated rings.